The molecule has 20 heavy (non-hydrogen) atoms. The zero-order valence-corrected chi connectivity index (χ0v) is 12.8. The molecule has 2 unspecified atom stereocenters. The summed E-state index contributed by atoms with van der Waals surface area (Å²) in [6.45, 7) is 9.53. The molecule has 1 aliphatic heterocycles. The first-order valence-corrected chi connectivity index (χ1v) is 7.26. The molecule has 2 atom stereocenters. The minimum atomic E-state index is -0.560. The summed E-state index contributed by atoms with van der Waals surface area (Å²) in [7, 11) is 0. The Morgan fingerprint density at radius 3 is 2.45 bits per heavy atom. The van der Waals surface area contributed by atoms with Gasteiger partial charge in [-0.15, -0.1) is 0 Å². The molecule has 1 aromatic carbocycles. The fraction of sp³-hybridized carbons (Fsp3) is 0.625. The number of hydrogen-bond acceptors (Lipinski definition) is 4. The summed E-state index contributed by atoms with van der Waals surface area (Å²) in [5.41, 5.74) is 0.827. The van der Waals surface area contributed by atoms with E-state index in [9.17, 15) is 5.11 Å². The van der Waals surface area contributed by atoms with Gasteiger partial charge in [0.15, 0.2) is 11.5 Å². The molecule has 112 valence electrons. The van der Waals surface area contributed by atoms with Crippen LogP contribution in [0.1, 0.15) is 45.8 Å². The van der Waals surface area contributed by atoms with E-state index in [1.165, 1.54) is 0 Å². The van der Waals surface area contributed by atoms with Crippen LogP contribution < -0.4 is 14.8 Å². The molecule has 2 rings (SSSR count). The van der Waals surface area contributed by atoms with Crippen LogP contribution in [-0.2, 0) is 0 Å². The summed E-state index contributed by atoms with van der Waals surface area (Å²) in [6, 6.07) is 5.67. The molecule has 0 amide bonds. The summed E-state index contributed by atoms with van der Waals surface area (Å²) in [5.74, 6) is 1.47. The van der Waals surface area contributed by atoms with Crippen LogP contribution in [0.2, 0.25) is 0 Å². The molecule has 2 N–H and O–H groups in total. The molecule has 1 aromatic rings. The number of nitrogens with one attached hydrogen (secondary N) is 1. The number of benzene rings is 1. The molecule has 0 spiro atoms. The summed E-state index contributed by atoms with van der Waals surface area (Å²) < 4.78 is 11.1. The molecule has 0 aromatic heterocycles. The van der Waals surface area contributed by atoms with E-state index in [2.05, 4.69) is 33.0 Å². The normalized spacial score (nSPS) is 17.6. The van der Waals surface area contributed by atoms with Crippen molar-refractivity contribution in [2.75, 3.05) is 13.2 Å². The Hall–Kier alpha value is -1.26. The summed E-state index contributed by atoms with van der Waals surface area (Å²) >= 11 is 0. The lowest BCUT2D eigenvalue weighted by Crippen LogP contribution is -2.46. The van der Waals surface area contributed by atoms with Crippen molar-refractivity contribution in [3.63, 3.8) is 0 Å². The maximum absolute atomic E-state index is 10.6. The zero-order chi connectivity index (χ0) is 14.8. The van der Waals surface area contributed by atoms with Crippen molar-refractivity contribution in [2.24, 2.45) is 0 Å². The van der Waals surface area contributed by atoms with E-state index in [0.717, 1.165) is 23.5 Å². The maximum Gasteiger partial charge on any atom is 0.161 e. The van der Waals surface area contributed by atoms with Crippen LogP contribution >= 0.6 is 0 Å². The van der Waals surface area contributed by atoms with Crippen LogP contribution in [0.3, 0.4) is 0 Å². The first kappa shape index (κ1) is 15.1. The Morgan fingerprint density at radius 1 is 1.20 bits per heavy atom. The highest BCUT2D eigenvalue weighted by Gasteiger charge is 2.25. The third kappa shape index (κ3) is 3.64. The Balaban J connectivity index is 2.16. The van der Waals surface area contributed by atoms with Crippen molar-refractivity contribution in [1.29, 1.82) is 0 Å². The van der Waals surface area contributed by atoms with E-state index in [1.54, 1.807) is 0 Å². The quantitative estimate of drug-likeness (QED) is 0.889. The fourth-order valence-corrected chi connectivity index (χ4v) is 2.44. The Labute approximate surface area is 121 Å². The second-order valence-electron chi connectivity index (χ2n) is 6.26. The van der Waals surface area contributed by atoms with E-state index in [-0.39, 0.29) is 11.6 Å². The Bertz CT molecular complexity index is 454. The number of hydrogen-bond donors (Lipinski definition) is 2. The minimum Gasteiger partial charge on any atom is -0.486 e. The van der Waals surface area contributed by atoms with Gasteiger partial charge in [0, 0.05) is 11.6 Å². The van der Waals surface area contributed by atoms with E-state index < -0.39 is 6.10 Å². The highest BCUT2D eigenvalue weighted by molar-refractivity contribution is 5.44. The van der Waals surface area contributed by atoms with E-state index in [0.29, 0.717) is 13.2 Å². The van der Waals surface area contributed by atoms with Gasteiger partial charge in [0.1, 0.15) is 13.2 Å². The van der Waals surface area contributed by atoms with Gasteiger partial charge in [-0.2, -0.15) is 0 Å². The summed E-state index contributed by atoms with van der Waals surface area (Å²) in [4.78, 5) is 0. The van der Waals surface area contributed by atoms with Gasteiger partial charge in [-0.3, -0.25) is 0 Å². The molecule has 0 radical (unpaired) electrons. The van der Waals surface area contributed by atoms with Gasteiger partial charge in [0.2, 0.25) is 0 Å². The van der Waals surface area contributed by atoms with E-state index in [1.807, 2.05) is 18.2 Å². The molecule has 0 bridgehead atoms. The van der Waals surface area contributed by atoms with Gasteiger partial charge >= 0.3 is 0 Å². The molecule has 0 fully saturated rings. The standard InChI is InChI=1S/C16H25NO3/c1-5-12(17-16(2,3)4)15(18)11-6-7-13-14(10-11)20-9-8-19-13/h6-7,10,12,15,17-18H,5,8-9H2,1-4H3. The van der Waals surface area contributed by atoms with Crippen LogP contribution in [0.5, 0.6) is 11.5 Å². The van der Waals surface area contributed by atoms with Crippen LogP contribution in [0.25, 0.3) is 0 Å². The van der Waals surface area contributed by atoms with Gasteiger partial charge in [0.25, 0.3) is 0 Å². The maximum atomic E-state index is 10.6. The molecule has 0 saturated heterocycles. The second kappa shape index (κ2) is 6.02. The van der Waals surface area contributed by atoms with Gasteiger partial charge in [-0.1, -0.05) is 13.0 Å². The van der Waals surface area contributed by atoms with Crippen molar-refractivity contribution < 1.29 is 14.6 Å². The molecule has 0 saturated carbocycles. The lowest BCUT2D eigenvalue weighted by molar-refractivity contribution is 0.109. The predicted octanol–water partition coefficient (Wildman–Crippen LogP) is 2.66. The molecular formula is C16H25NO3. The number of aliphatic hydroxyl groups is 1. The Morgan fingerprint density at radius 2 is 1.85 bits per heavy atom. The van der Waals surface area contributed by atoms with Gasteiger partial charge < -0.3 is 19.9 Å². The first-order chi connectivity index (χ1) is 9.40. The zero-order valence-electron chi connectivity index (χ0n) is 12.8. The molecular weight excluding hydrogens is 254 g/mol. The third-order valence-electron chi connectivity index (χ3n) is 3.35. The molecule has 1 heterocycles. The third-order valence-corrected chi connectivity index (χ3v) is 3.35. The molecule has 4 nitrogen and oxygen atoms in total. The number of rotatable bonds is 4. The van der Waals surface area contributed by atoms with Gasteiger partial charge in [0.05, 0.1) is 6.10 Å². The predicted molar refractivity (Wildman–Crippen MR) is 79.4 cm³/mol. The highest BCUT2D eigenvalue weighted by atomic mass is 16.6. The summed E-state index contributed by atoms with van der Waals surface area (Å²) in [5, 5.41) is 14.0. The van der Waals surface area contributed by atoms with Crippen molar-refractivity contribution in [1.82, 2.24) is 5.32 Å². The minimum absolute atomic E-state index is 0.0116. The highest BCUT2D eigenvalue weighted by Crippen LogP contribution is 2.33. The average molecular weight is 279 g/mol. The number of ether oxygens (including phenoxy) is 2. The number of fused-ring (bicyclic) bond motifs is 1. The van der Waals surface area contributed by atoms with Crippen LogP contribution in [0.15, 0.2) is 18.2 Å². The van der Waals surface area contributed by atoms with Crippen LogP contribution in [-0.4, -0.2) is 29.9 Å². The topological polar surface area (TPSA) is 50.7 Å². The summed E-state index contributed by atoms with van der Waals surface area (Å²) in [6.07, 6.45) is 0.294. The Kier molecular flexibility index (Phi) is 4.55. The SMILES string of the molecule is CCC(NC(C)(C)C)C(O)c1ccc2c(c1)OCCO2. The largest absolute Gasteiger partial charge is 0.486 e. The molecule has 4 heteroatoms. The van der Waals surface area contributed by atoms with Crippen molar-refractivity contribution in [3.8, 4) is 11.5 Å². The van der Waals surface area contributed by atoms with Crippen molar-refractivity contribution >= 4 is 0 Å². The van der Waals surface area contributed by atoms with Crippen molar-refractivity contribution in [3.05, 3.63) is 23.8 Å². The van der Waals surface area contributed by atoms with Gasteiger partial charge in [-0.05, 0) is 44.9 Å². The monoisotopic (exact) mass is 279 g/mol. The number of aliphatic hydroxyl groups excluding tert-OH is 1. The van der Waals surface area contributed by atoms with Crippen molar-refractivity contribution in [2.45, 2.75) is 51.8 Å². The van der Waals surface area contributed by atoms with Crippen LogP contribution in [0, 0.1) is 0 Å². The average Bonchev–Trinajstić information content (AvgIpc) is 2.42. The van der Waals surface area contributed by atoms with Crippen LogP contribution in [0.4, 0.5) is 0 Å². The lowest BCUT2D eigenvalue weighted by atomic mass is 9.96. The van der Waals surface area contributed by atoms with E-state index in [4.69, 9.17) is 9.47 Å². The molecule has 0 aliphatic carbocycles. The second-order valence-corrected chi connectivity index (χ2v) is 6.26. The smallest absolute Gasteiger partial charge is 0.161 e. The van der Waals surface area contributed by atoms with E-state index >= 15 is 0 Å². The lowest BCUT2D eigenvalue weighted by Gasteiger charge is -2.31. The molecule has 1 aliphatic rings. The first-order valence-electron chi connectivity index (χ1n) is 7.26. The fourth-order valence-electron chi connectivity index (χ4n) is 2.44. The van der Waals surface area contributed by atoms with Gasteiger partial charge in [-0.25, -0.2) is 0 Å².